The van der Waals surface area contributed by atoms with Crippen molar-refractivity contribution >= 4 is 28.5 Å². The molecule has 0 saturated carbocycles. The Hall–Kier alpha value is -3.33. The van der Waals surface area contributed by atoms with E-state index in [1.54, 1.807) is 13.0 Å². The summed E-state index contributed by atoms with van der Waals surface area (Å²) in [4.78, 5) is 23.1. The maximum Gasteiger partial charge on any atom is 0.324 e. The van der Waals surface area contributed by atoms with Crippen LogP contribution in [-0.4, -0.2) is 22.2 Å². The number of hydrazone groups is 1. The van der Waals surface area contributed by atoms with E-state index in [0.717, 1.165) is 16.9 Å². The zero-order chi connectivity index (χ0) is 17.8. The van der Waals surface area contributed by atoms with Gasteiger partial charge in [-0.05, 0) is 13.0 Å². The molecule has 3 aromatic rings. The number of nitrogens with zero attached hydrogens (tertiary/aromatic N) is 3. The third-order valence-corrected chi connectivity index (χ3v) is 4.26. The minimum absolute atomic E-state index is 0.00835. The second-order valence-electron chi connectivity index (χ2n) is 4.96. The molecule has 3 rings (SSSR count). The van der Waals surface area contributed by atoms with Gasteiger partial charge in [-0.2, -0.15) is 5.10 Å². The first-order chi connectivity index (χ1) is 12.1. The maximum absolute atomic E-state index is 12.4. The molecule has 0 fully saturated rings. The van der Waals surface area contributed by atoms with Crippen molar-refractivity contribution in [3.8, 4) is 11.3 Å². The number of carbonyl (C=O) groups excluding carboxylic acids is 1. The Kier molecular flexibility index (Phi) is 4.66. The van der Waals surface area contributed by atoms with Crippen molar-refractivity contribution in [2.75, 3.05) is 0 Å². The molecule has 0 saturated heterocycles. The first-order valence-electron chi connectivity index (χ1n) is 7.15. The highest BCUT2D eigenvalue weighted by Crippen LogP contribution is 2.25. The second kappa shape index (κ2) is 7.05. The van der Waals surface area contributed by atoms with Gasteiger partial charge >= 0.3 is 5.00 Å². The van der Waals surface area contributed by atoms with Crippen LogP contribution >= 0.6 is 11.3 Å². The molecule has 0 aliphatic carbocycles. The highest BCUT2D eigenvalue weighted by Gasteiger charge is 2.21. The molecule has 0 aliphatic heterocycles. The van der Waals surface area contributed by atoms with Crippen LogP contribution in [0.25, 0.3) is 11.3 Å². The molecule has 126 valence electrons. The number of benzene rings is 1. The Balaban J connectivity index is 1.76. The summed E-state index contributed by atoms with van der Waals surface area (Å²) in [6.45, 7) is 1.64. The van der Waals surface area contributed by atoms with Gasteiger partial charge in [0.15, 0.2) is 0 Å². The van der Waals surface area contributed by atoms with Crippen molar-refractivity contribution in [1.29, 1.82) is 0 Å². The molecule has 9 heteroatoms. The summed E-state index contributed by atoms with van der Waals surface area (Å²) >= 11 is 0.963. The Morgan fingerprint density at radius 1 is 1.32 bits per heavy atom. The van der Waals surface area contributed by atoms with Crippen LogP contribution in [-0.2, 0) is 0 Å². The van der Waals surface area contributed by atoms with Gasteiger partial charge in [-0.1, -0.05) is 46.8 Å². The quantitative estimate of drug-likeness (QED) is 0.428. The Morgan fingerprint density at radius 3 is 2.76 bits per heavy atom. The minimum atomic E-state index is -0.479. The van der Waals surface area contributed by atoms with Crippen LogP contribution in [0.1, 0.15) is 21.0 Å². The van der Waals surface area contributed by atoms with Gasteiger partial charge in [-0.25, -0.2) is 5.43 Å². The van der Waals surface area contributed by atoms with Crippen LogP contribution in [0.2, 0.25) is 0 Å². The van der Waals surface area contributed by atoms with E-state index >= 15 is 0 Å². The molecular formula is C16H12N4O4S. The molecule has 0 aliphatic rings. The molecule has 0 bridgehead atoms. The van der Waals surface area contributed by atoms with Crippen molar-refractivity contribution < 1.29 is 14.2 Å². The second-order valence-corrected chi connectivity index (χ2v) is 6.05. The van der Waals surface area contributed by atoms with Gasteiger partial charge in [0, 0.05) is 11.6 Å². The monoisotopic (exact) mass is 356 g/mol. The highest BCUT2D eigenvalue weighted by atomic mass is 32.1. The zero-order valence-corrected chi connectivity index (χ0v) is 13.8. The molecule has 0 unspecified atom stereocenters. The maximum atomic E-state index is 12.4. The lowest BCUT2D eigenvalue weighted by molar-refractivity contribution is -0.380. The predicted molar refractivity (Wildman–Crippen MR) is 92.7 cm³/mol. The van der Waals surface area contributed by atoms with Crippen LogP contribution in [0.15, 0.2) is 52.1 Å². The fourth-order valence-electron chi connectivity index (χ4n) is 2.15. The summed E-state index contributed by atoms with van der Waals surface area (Å²) in [6, 6.07) is 12.1. The molecule has 25 heavy (non-hydrogen) atoms. The van der Waals surface area contributed by atoms with Gasteiger partial charge in [0.05, 0.1) is 16.0 Å². The number of thiophene rings is 1. The summed E-state index contributed by atoms with van der Waals surface area (Å²) < 4.78 is 5.13. The van der Waals surface area contributed by atoms with E-state index in [0.29, 0.717) is 21.9 Å². The molecule has 0 spiro atoms. The topological polar surface area (TPSA) is 111 Å². The molecule has 8 nitrogen and oxygen atoms in total. The number of carbonyl (C=O) groups is 1. The normalized spacial score (nSPS) is 10.9. The molecule has 2 aromatic heterocycles. The third-order valence-electron chi connectivity index (χ3n) is 3.29. The fourth-order valence-corrected chi connectivity index (χ4v) is 2.85. The molecule has 1 aromatic carbocycles. The molecule has 2 heterocycles. The van der Waals surface area contributed by atoms with Crippen LogP contribution in [0.5, 0.6) is 0 Å². The SMILES string of the molecule is Cc1onc(-c2ccccc2)c1C(=O)NN=Cc1ccc([N+](=O)[O-])s1. The number of hydrogen-bond donors (Lipinski definition) is 1. The Bertz CT molecular complexity index is 946. The molecule has 0 atom stereocenters. The molecule has 1 N–H and O–H groups in total. The highest BCUT2D eigenvalue weighted by molar-refractivity contribution is 7.16. The number of nitro groups is 1. The van der Waals surface area contributed by atoms with E-state index in [1.807, 2.05) is 30.3 Å². The van der Waals surface area contributed by atoms with E-state index < -0.39 is 10.8 Å². The van der Waals surface area contributed by atoms with Gasteiger partial charge < -0.3 is 4.52 Å². The lowest BCUT2D eigenvalue weighted by atomic mass is 10.1. The average molecular weight is 356 g/mol. The predicted octanol–water partition coefficient (Wildman–Crippen LogP) is 3.38. The number of nitrogens with one attached hydrogen (secondary N) is 1. The fraction of sp³-hybridized carbons (Fsp3) is 0.0625. The Labute approximate surface area is 145 Å². The minimum Gasteiger partial charge on any atom is -0.360 e. The lowest BCUT2D eigenvalue weighted by Gasteiger charge is -2.01. The van der Waals surface area contributed by atoms with Crippen LogP contribution in [0, 0.1) is 17.0 Å². The third kappa shape index (κ3) is 3.61. The van der Waals surface area contributed by atoms with E-state index in [4.69, 9.17) is 4.52 Å². The van der Waals surface area contributed by atoms with Crippen LogP contribution in [0.4, 0.5) is 5.00 Å². The Morgan fingerprint density at radius 2 is 2.08 bits per heavy atom. The first kappa shape index (κ1) is 16.5. The zero-order valence-electron chi connectivity index (χ0n) is 13.0. The van der Waals surface area contributed by atoms with Crippen molar-refractivity contribution in [1.82, 2.24) is 10.6 Å². The van der Waals surface area contributed by atoms with Gasteiger partial charge in [0.1, 0.15) is 17.0 Å². The summed E-state index contributed by atoms with van der Waals surface area (Å²) in [5.41, 5.74) is 3.86. The van der Waals surface area contributed by atoms with Gasteiger partial charge in [-0.15, -0.1) is 0 Å². The van der Waals surface area contributed by atoms with Gasteiger partial charge in [0.25, 0.3) is 5.91 Å². The summed E-state index contributed by atoms with van der Waals surface area (Å²) in [5.74, 6) is -0.0989. The van der Waals surface area contributed by atoms with Crippen molar-refractivity contribution in [2.45, 2.75) is 6.92 Å². The molecule has 1 amide bonds. The smallest absolute Gasteiger partial charge is 0.324 e. The number of rotatable bonds is 5. The first-order valence-corrected chi connectivity index (χ1v) is 7.97. The number of aromatic nitrogens is 1. The van der Waals surface area contributed by atoms with Crippen molar-refractivity contribution in [3.05, 3.63) is 68.8 Å². The largest absolute Gasteiger partial charge is 0.360 e. The van der Waals surface area contributed by atoms with Crippen LogP contribution < -0.4 is 5.43 Å². The van der Waals surface area contributed by atoms with E-state index in [1.165, 1.54) is 12.3 Å². The molecular weight excluding hydrogens is 344 g/mol. The van der Waals surface area contributed by atoms with E-state index in [2.05, 4.69) is 15.7 Å². The molecule has 0 radical (unpaired) electrons. The van der Waals surface area contributed by atoms with E-state index in [-0.39, 0.29) is 5.00 Å². The van der Waals surface area contributed by atoms with Crippen molar-refractivity contribution in [2.24, 2.45) is 5.10 Å². The summed E-state index contributed by atoms with van der Waals surface area (Å²) in [5, 5.41) is 18.4. The number of hydrogen-bond acceptors (Lipinski definition) is 7. The van der Waals surface area contributed by atoms with Gasteiger partial charge in [0.2, 0.25) is 0 Å². The lowest BCUT2D eigenvalue weighted by Crippen LogP contribution is -2.18. The average Bonchev–Trinajstić information content (AvgIpc) is 3.22. The number of aryl methyl sites for hydroxylation is 1. The summed E-state index contributed by atoms with van der Waals surface area (Å²) in [7, 11) is 0. The van der Waals surface area contributed by atoms with E-state index in [9.17, 15) is 14.9 Å². The van der Waals surface area contributed by atoms with Gasteiger partial charge in [-0.3, -0.25) is 14.9 Å². The van der Waals surface area contributed by atoms with Crippen LogP contribution in [0.3, 0.4) is 0 Å². The van der Waals surface area contributed by atoms with Crippen molar-refractivity contribution in [3.63, 3.8) is 0 Å². The summed E-state index contributed by atoms with van der Waals surface area (Å²) in [6.07, 6.45) is 1.35. The standard InChI is InChI=1S/C16H12N4O4S/c1-10-14(15(19-24-10)11-5-3-2-4-6-11)16(21)18-17-9-12-7-8-13(25-12)20(22)23/h2-9H,1H3,(H,18,21). The number of amides is 1.